The number of carbonyl (C=O) groups excluding carboxylic acids is 2. The summed E-state index contributed by atoms with van der Waals surface area (Å²) in [6, 6.07) is 3.42. The van der Waals surface area contributed by atoms with Crippen LogP contribution in [0.25, 0.3) is 0 Å². The molecule has 0 spiro atoms. The van der Waals surface area contributed by atoms with Crippen LogP contribution in [0, 0.1) is 16.7 Å². The Balaban J connectivity index is 1.58. The number of ether oxygens (including phenoxy) is 2. The number of alkyl carbamates (subject to hydrolysis) is 1. The van der Waals surface area contributed by atoms with Crippen LogP contribution in [0.4, 0.5) is 4.79 Å². The van der Waals surface area contributed by atoms with Crippen LogP contribution in [0.2, 0.25) is 0 Å². The Bertz CT molecular complexity index is 746. The summed E-state index contributed by atoms with van der Waals surface area (Å²) in [5, 5.41) is 2.66. The molecular weight excluding hydrogens is 356 g/mol. The van der Waals surface area contributed by atoms with Crippen LogP contribution in [-0.4, -0.2) is 28.8 Å². The van der Waals surface area contributed by atoms with E-state index in [-0.39, 0.29) is 29.4 Å². The van der Waals surface area contributed by atoms with Crippen LogP contribution in [0.1, 0.15) is 76.9 Å². The zero-order chi connectivity index (χ0) is 20.7. The molecule has 28 heavy (non-hydrogen) atoms. The number of nitrogens with zero attached hydrogens (tertiary/aromatic N) is 1. The summed E-state index contributed by atoms with van der Waals surface area (Å²) >= 11 is 0. The quantitative estimate of drug-likeness (QED) is 0.770. The van der Waals surface area contributed by atoms with Crippen molar-refractivity contribution in [2.45, 2.75) is 79.1 Å². The molecule has 2 saturated carbocycles. The van der Waals surface area contributed by atoms with E-state index in [2.05, 4.69) is 31.1 Å². The molecule has 2 aliphatic carbocycles. The maximum Gasteiger partial charge on any atom is 0.407 e. The lowest BCUT2D eigenvalue weighted by Crippen LogP contribution is -2.43. The summed E-state index contributed by atoms with van der Waals surface area (Å²) in [4.78, 5) is 28.7. The highest BCUT2D eigenvalue weighted by Crippen LogP contribution is 2.63. The molecule has 2 aliphatic rings. The third kappa shape index (κ3) is 4.15. The molecule has 0 aromatic carbocycles. The van der Waals surface area contributed by atoms with Gasteiger partial charge < -0.3 is 14.8 Å². The van der Waals surface area contributed by atoms with Crippen molar-refractivity contribution in [2.24, 2.45) is 16.7 Å². The molecule has 2 bridgehead atoms. The lowest BCUT2D eigenvalue weighted by molar-refractivity contribution is -0.0584. The number of carbonyl (C=O) groups is 2. The fraction of sp³-hybridized carbons (Fsp3) is 0.682. The molecule has 1 N–H and O–H groups in total. The highest BCUT2D eigenvalue weighted by atomic mass is 16.6. The van der Waals surface area contributed by atoms with E-state index in [0.29, 0.717) is 17.2 Å². The van der Waals surface area contributed by atoms with Crippen LogP contribution in [-0.2, 0) is 16.0 Å². The Morgan fingerprint density at radius 2 is 1.96 bits per heavy atom. The van der Waals surface area contributed by atoms with Gasteiger partial charge in [0.2, 0.25) is 0 Å². The fourth-order valence-corrected chi connectivity index (χ4v) is 4.85. The first-order chi connectivity index (χ1) is 12.9. The predicted molar refractivity (Wildman–Crippen MR) is 106 cm³/mol. The molecule has 6 heteroatoms. The molecule has 2 fully saturated rings. The predicted octanol–water partition coefficient (Wildman–Crippen LogP) is 4.48. The Morgan fingerprint density at radius 3 is 2.50 bits per heavy atom. The molecule has 1 aromatic rings. The first kappa shape index (κ1) is 20.6. The molecule has 0 aliphatic heterocycles. The Labute approximate surface area is 167 Å². The Morgan fingerprint density at radius 1 is 1.25 bits per heavy atom. The number of nitrogens with one attached hydrogen (secondary N) is 1. The number of esters is 1. The van der Waals surface area contributed by atoms with Gasteiger partial charge in [-0.15, -0.1) is 0 Å². The molecule has 0 unspecified atom stereocenters. The second-order valence-electron chi connectivity index (χ2n) is 10.1. The number of pyridine rings is 1. The van der Waals surface area contributed by atoms with Gasteiger partial charge in [0, 0.05) is 17.0 Å². The van der Waals surface area contributed by atoms with E-state index in [1.165, 1.54) is 12.6 Å². The summed E-state index contributed by atoms with van der Waals surface area (Å²) < 4.78 is 11.2. The fourth-order valence-electron chi connectivity index (χ4n) is 4.85. The van der Waals surface area contributed by atoms with Gasteiger partial charge in [0.15, 0.2) is 0 Å². The SMILES string of the molecule is CC(C)(C)OC(=O)NCc1ccc(C(=O)O[C@H]2C(C)(C)[C@H]3CC[C@]2(C)C3)cn1. The number of aromatic nitrogens is 1. The van der Waals surface area contributed by atoms with E-state index in [1.807, 2.05) is 20.8 Å². The van der Waals surface area contributed by atoms with Gasteiger partial charge in [-0.2, -0.15) is 0 Å². The highest BCUT2D eigenvalue weighted by Gasteiger charge is 2.61. The molecule has 1 amide bonds. The Hall–Kier alpha value is -2.11. The minimum atomic E-state index is -0.546. The first-order valence-electron chi connectivity index (χ1n) is 10.0. The van der Waals surface area contributed by atoms with Gasteiger partial charge >= 0.3 is 12.1 Å². The average molecular weight is 389 g/mol. The summed E-state index contributed by atoms with van der Waals surface area (Å²) in [6.07, 6.45) is 4.41. The number of amides is 1. The average Bonchev–Trinajstić information content (AvgIpc) is 3.07. The van der Waals surface area contributed by atoms with Gasteiger partial charge in [-0.3, -0.25) is 4.98 Å². The van der Waals surface area contributed by atoms with Crippen LogP contribution < -0.4 is 5.32 Å². The van der Waals surface area contributed by atoms with E-state index < -0.39 is 11.7 Å². The van der Waals surface area contributed by atoms with Gasteiger partial charge in [0.25, 0.3) is 0 Å². The second kappa shape index (κ2) is 7.05. The van der Waals surface area contributed by atoms with Gasteiger partial charge in [-0.25, -0.2) is 9.59 Å². The van der Waals surface area contributed by atoms with Crippen molar-refractivity contribution < 1.29 is 19.1 Å². The smallest absolute Gasteiger partial charge is 0.407 e. The molecule has 154 valence electrons. The van der Waals surface area contributed by atoms with Crippen molar-refractivity contribution in [1.82, 2.24) is 10.3 Å². The largest absolute Gasteiger partial charge is 0.458 e. The molecule has 0 saturated heterocycles. The molecule has 3 atom stereocenters. The van der Waals surface area contributed by atoms with E-state index in [1.54, 1.807) is 12.1 Å². The topological polar surface area (TPSA) is 77.5 Å². The minimum absolute atomic E-state index is 0.00731. The van der Waals surface area contributed by atoms with Gasteiger partial charge in [0.1, 0.15) is 11.7 Å². The van der Waals surface area contributed by atoms with Crippen molar-refractivity contribution >= 4 is 12.1 Å². The van der Waals surface area contributed by atoms with Crippen molar-refractivity contribution in [1.29, 1.82) is 0 Å². The maximum atomic E-state index is 12.7. The van der Waals surface area contributed by atoms with E-state index in [9.17, 15) is 9.59 Å². The highest BCUT2D eigenvalue weighted by molar-refractivity contribution is 5.89. The van der Waals surface area contributed by atoms with Crippen LogP contribution in [0.15, 0.2) is 18.3 Å². The number of rotatable bonds is 4. The molecule has 6 nitrogen and oxygen atoms in total. The third-order valence-corrected chi connectivity index (χ3v) is 6.24. The Kier molecular flexibility index (Phi) is 5.19. The first-order valence-corrected chi connectivity index (χ1v) is 10.0. The molecular formula is C22H32N2O4. The second-order valence-corrected chi connectivity index (χ2v) is 10.1. The number of hydrogen-bond donors (Lipinski definition) is 1. The maximum absolute atomic E-state index is 12.7. The minimum Gasteiger partial charge on any atom is -0.458 e. The van der Waals surface area contributed by atoms with E-state index in [0.717, 1.165) is 12.8 Å². The van der Waals surface area contributed by atoms with Crippen LogP contribution >= 0.6 is 0 Å². The molecule has 0 radical (unpaired) electrons. The number of fused-ring (bicyclic) bond motifs is 2. The van der Waals surface area contributed by atoms with Gasteiger partial charge in [-0.1, -0.05) is 20.8 Å². The van der Waals surface area contributed by atoms with Crippen molar-refractivity contribution in [3.63, 3.8) is 0 Å². The van der Waals surface area contributed by atoms with Crippen molar-refractivity contribution in [2.75, 3.05) is 0 Å². The van der Waals surface area contributed by atoms with Crippen LogP contribution in [0.3, 0.4) is 0 Å². The van der Waals surface area contributed by atoms with E-state index in [4.69, 9.17) is 9.47 Å². The summed E-state index contributed by atoms with van der Waals surface area (Å²) in [6.45, 7) is 12.3. The van der Waals surface area contributed by atoms with Gasteiger partial charge in [0.05, 0.1) is 17.8 Å². The third-order valence-electron chi connectivity index (χ3n) is 6.24. The lowest BCUT2D eigenvalue weighted by atomic mass is 9.70. The molecule has 1 heterocycles. The summed E-state index contributed by atoms with van der Waals surface area (Å²) in [5.41, 5.74) is 0.620. The molecule has 3 rings (SSSR count). The summed E-state index contributed by atoms with van der Waals surface area (Å²) in [7, 11) is 0. The zero-order valence-electron chi connectivity index (χ0n) is 17.8. The monoisotopic (exact) mass is 388 g/mol. The normalized spacial score (nSPS) is 28.1. The molecule has 1 aromatic heterocycles. The zero-order valence-corrected chi connectivity index (χ0v) is 17.8. The lowest BCUT2D eigenvalue weighted by Gasteiger charge is -2.41. The number of hydrogen-bond acceptors (Lipinski definition) is 5. The van der Waals surface area contributed by atoms with Crippen molar-refractivity contribution in [3.05, 3.63) is 29.6 Å². The standard InChI is InChI=1S/C22H32N2O4/c1-20(2,3)28-19(26)24-13-16-8-7-14(12-23-16)17(25)27-18-21(4,5)15-9-10-22(18,6)11-15/h7-8,12,15,18H,9-11,13H2,1-6H3,(H,24,26)/t15-,18-,22+/m0/s1. The van der Waals surface area contributed by atoms with Crippen molar-refractivity contribution in [3.8, 4) is 0 Å². The summed E-state index contributed by atoms with van der Waals surface area (Å²) in [5.74, 6) is 0.292. The van der Waals surface area contributed by atoms with Gasteiger partial charge in [-0.05, 0) is 58.1 Å². The van der Waals surface area contributed by atoms with Crippen LogP contribution in [0.5, 0.6) is 0 Å². The van der Waals surface area contributed by atoms with E-state index >= 15 is 0 Å².